The quantitative estimate of drug-likeness (QED) is 0.887. The fourth-order valence-electron chi connectivity index (χ4n) is 2.16. The monoisotopic (exact) mass is 280 g/mol. The van der Waals surface area contributed by atoms with Crippen molar-refractivity contribution in [3.63, 3.8) is 0 Å². The average Bonchev–Trinajstić information content (AvgIpc) is 2.57. The molecule has 0 amide bonds. The lowest BCUT2D eigenvalue weighted by Gasteiger charge is -2.06. The molecule has 3 N–H and O–H groups in total. The Morgan fingerprint density at radius 2 is 2.12 bits per heavy atom. The van der Waals surface area contributed by atoms with Crippen molar-refractivity contribution in [3.8, 4) is 0 Å². The first-order valence-corrected chi connectivity index (χ1v) is 6.43. The van der Waals surface area contributed by atoms with Crippen LogP contribution in [0.1, 0.15) is 31.0 Å². The van der Waals surface area contributed by atoms with Crippen LogP contribution in [0.25, 0.3) is 10.9 Å². The molecule has 2 aromatic rings. The molecule has 0 fully saturated rings. The Hall–Kier alpha value is -0.800. The summed E-state index contributed by atoms with van der Waals surface area (Å²) in [6, 6.07) is 6.37. The topological polar surface area (TPSA) is 41.8 Å². The van der Waals surface area contributed by atoms with Gasteiger partial charge in [-0.05, 0) is 36.6 Å². The van der Waals surface area contributed by atoms with Gasteiger partial charge in [-0.1, -0.05) is 35.8 Å². The van der Waals surface area contributed by atoms with Crippen molar-refractivity contribution >= 4 is 26.8 Å². The fourth-order valence-corrected chi connectivity index (χ4v) is 2.52. The van der Waals surface area contributed by atoms with Gasteiger partial charge in [0.05, 0.1) is 0 Å². The predicted octanol–water partition coefficient (Wildman–Crippen LogP) is 3.56. The molecule has 1 aromatic carbocycles. The SMILES string of the molecule is CC(C)c1[nH]c2cc(Br)ccc2c1CCN. The van der Waals surface area contributed by atoms with E-state index in [2.05, 4.69) is 53.0 Å². The van der Waals surface area contributed by atoms with Gasteiger partial charge in [-0.2, -0.15) is 0 Å². The van der Waals surface area contributed by atoms with Crippen molar-refractivity contribution in [1.82, 2.24) is 4.98 Å². The van der Waals surface area contributed by atoms with Crippen molar-refractivity contribution < 1.29 is 0 Å². The molecule has 0 spiro atoms. The first-order chi connectivity index (χ1) is 7.63. The van der Waals surface area contributed by atoms with E-state index >= 15 is 0 Å². The Bertz CT molecular complexity index is 500. The molecule has 2 rings (SSSR count). The number of hydrogen-bond acceptors (Lipinski definition) is 1. The Labute approximate surface area is 104 Å². The summed E-state index contributed by atoms with van der Waals surface area (Å²) in [5, 5.41) is 1.30. The number of rotatable bonds is 3. The lowest BCUT2D eigenvalue weighted by Crippen LogP contribution is -2.05. The largest absolute Gasteiger partial charge is 0.358 e. The third kappa shape index (κ3) is 2.02. The van der Waals surface area contributed by atoms with Gasteiger partial charge in [-0.25, -0.2) is 0 Å². The van der Waals surface area contributed by atoms with Crippen LogP contribution in [0.5, 0.6) is 0 Å². The van der Waals surface area contributed by atoms with Crippen molar-refractivity contribution in [2.45, 2.75) is 26.2 Å². The number of fused-ring (bicyclic) bond motifs is 1. The van der Waals surface area contributed by atoms with Gasteiger partial charge in [0.2, 0.25) is 0 Å². The maximum absolute atomic E-state index is 5.69. The Morgan fingerprint density at radius 3 is 2.75 bits per heavy atom. The number of nitrogens with one attached hydrogen (secondary N) is 1. The van der Waals surface area contributed by atoms with Crippen LogP contribution >= 0.6 is 15.9 Å². The van der Waals surface area contributed by atoms with Crippen LogP contribution in [0.3, 0.4) is 0 Å². The van der Waals surface area contributed by atoms with Crippen molar-refractivity contribution in [3.05, 3.63) is 33.9 Å². The summed E-state index contributed by atoms with van der Waals surface area (Å²) in [5.74, 6) is 0.507. The maximum atomic E-state index is 5.69. The van der Waals surface area contributed by atoms with E-state index in [4.69, 9.17) is 5.73 Å². The van der Waals surface area contributed by atoms with E-state index in [1.54, 1.807) is 0 Å². The second-order valence-corrected chi connectivity index (χ2v) is 5.32. The third-order valence-electron chi connectivity index (χ3n) is 2.87. The summed E-state index contributed by atoms with van der Waals surface area (Å²) >= 11 is 3.50. The lowest BCUT2D eigenvalue weighted by molar-refractivity contribution is 0.809. The number of H-pyrrole nitrogens is 1. The van der Waals surface area contributed by atoms with Gasteiger partial charge in [0.25, 0.3) is 0 Å². The standard InChI is InChI=1S/C13H17BrN2/c1-8(2)13-11(5-6-15)10-4-3-9(14)7-12(10)16-13/h3-4,7-8,16H,5-6,15H2,1-2H3. The van der Waals surface area contributed by atoms with Crippen LogP contribution in [-0.4, -0.2) is 11.5 Å². The van der Waals surface area contributed by atoms with Crippen LogP contribution in [0.15, 0.2) is 22.7 Å². The van der Waals surface area contributed by atoms with Crippen LogP contribution in [0.2, 0.25) is 0 Å². The highest BCUT2D eigenvalue weighted by Crippen LogP contribution is 2.29. The summed E-state index contributed by atoms with van der Waals surface area (Å²) in [5.41, 5.74) is 9.58. The number of hydrogen-bond donors (Lipinski definition) is 2. The van der Waals surface area contributed by atoms with Gasteiger partial charge >= 0.3 is 0 Å². The normalized spacial score (nSPS) is 11.6. The molecule has 0 aliphatic heterocycles. The highest BCUT2D eigenvalue weighted by Gasteiger charge is 2.13. The Morgan fingerprint density at radius 1 is 1.38 bits per heavy atom. The Balaban J connectivity index is 2.65. The highest BCUT2D eigenvalue weighted by atomic mass is 79.9. The summed E-state index contributed by atoms with van der Waals surface area (Å²) in [6.07, 6.45) is 0.940. The number of aromatic amines is 1. The lowest BCUT2D eigenvalue weighted by atomic mass is 10.0. The average molecular weight is 281 g/mol. The molecule has 0 saturated carbocycles. The van der Waals surface area contributed by atoms with Gasteiger partial charge in [0.1, 0.15) is 0 Å². The minimum Gasteiger partial charge on any atom is -0.358 e. The molecular formula is C13H17BrN2. The van der Waals surface area contributed by atoms with Crippen LogP contribution in [0, 0.1) is 0 Å². The minimum atomic E-state index is 0.507. The van der Waals surface area contributed by atoms with E-state index in [1.807, 2.05) is 0 Å². The molecule has 0 radical (unpaired) electrons. The molecule has 0 unspecified atom stereocenters. The molecule has 2 nitrogen and oxygen atoms in total. The minimum absolute atomic E-state index is 0.507. The first-order valence-electron chi connectivity index (χ1n) is 5.63. The van der Waals surface area contributed by atoms with E-state index < -0.39 is 0 Å². The molecular weight excluding hydrogens is 264 g/mol. The molecule has 1 aromatic heterocycles. The van der Waals surface area contributed by atoms with Crippen LogP contribution in [0.4, 0.5) is 0 Å². The van der Waals surface area contributed by atoms with E-state index in [0.29, 0.717) is 12.5 Å². The van der Waals surface area contributed by atoms with Crippen LogP contribution in [-0.2, 0) is 6.42 Å². The number of benzene rings is 1. The van der Waals surface area contributed by atoms with Crippen LogP contribution < -0.4 is 5.73 Å². The van der Waals surface area contributed by atoms with Gasteiger partial charge in [0, 0.05) is 21.1 Å². The second kappa shape index (κ2) is 4.60. The molecule has 0 aliphatic carbocycles. The van der Waals surface area contributed by atoms with E-state index in [-0.39, 0.29) is 0 Å². The van der Waals surface area contributed by atoms with Crippen molar-refractivity contribution in [2.75, 3.05) is 6.54 Å². The van der Waals surface area contributed by atoms with E-state index in [0.717, 1.165) is 10.9 Å². The molecule has 16 heavy (non-hydrogen) atoms. The zero-order chi connectivity index (χ0) is 11.7. The summed E-state index contributed by atoms with van der Waals surface area (Å²) in [6.45, 7) is 5.11. The second-order valence-electron chi connectivity index (χ2n) is 4.40. The number of aromatic nitrogens is 1. The first kappa shape index (κ1) is 11.7. The van der Waals surface area contributed by atoms with E-state index in [9.17, 15) is 0 Å². The molecule has 1 heterocycles. The van der Waals surface area contributed by atoms with E-state index in [1.165, 1.54) is 22.2 Å². The summed E-state index contributed by atoms with van der Waals surface area (Å²) in [7, 11) is 0. The zero-order valence-electron chi connectivity index (χ0n) is 9.68. The number of halogens is 1. The Kier molecular flexibility index (Phi) is 3.36. The summed E-state index contributed by atoms with van der Waals surface area (Å²) < 4.78 is 1.11. The van der Waals surface area contributed by atoms with Gasteiger partial charge in [-0.3, -0.25) is 0 Å². The fraction of sp³-hybridized carbons (Fsp3) is 0.385. The smallest absolute Gasteiger partial charge is 0.0470 e. The highest BCUT2D eigenvalue weighted by molar-refractivity contribution is 9.10. The zero-order valence-corrected chi connectivity index (χ0v) is 11.3. The predicted molar refractivity (Wildman–Crippen MR) is 72.8 cm³/mol. The van der Waals surface area contributed by atoms with Gasteiger partial charge in [-0.15, -0.1) is 0 Å². The van der Waals surface area contributed by atoms with Gasteiger partial charge in [0.15, 0.2) is 0 Å². The van der Waals surface area contributed by atoms with Crippen molar-refractivity contribution in [2.24, 2.45) is 5.73 Å². The third-order valence-corrected chi connectivity index (χ3v) is 3.37. The molecule has 0 atom stereocenters. The molecule has 0 aliphatic rings. The maximum Gasteiger partial charge on any atom is 0.0470 e. The van der Waals surface area contributed by atoms with Crippen molar-refractivity contribution in [1.29, 1.82) is 0 Å². The summed E-state index contributed by atoms with van der Waals surface area (Å²) in [4.78, 5) is 3.50. The number of nitrogens with two attached hydrogens (primary N) is 1. The molecule has 0 saturated heterocycles. The van der Waals surface area contributed by atoms with Gasteiger partial charge < -0.3 is 10.7 Å². The molecule has 86 valence electrons. The molecule has 0 bridgehead atoms. The molecule has 3 heteroatoms.